The number of carbonyl (C=O) groups is 1. The Balaban J connectivity index is 2.24. The van der Waals surface area contributed by atoms with E-state index in [1.54, 1.807) is 13.0 Å². The molecular formula is C12H13ClFNO2. The Kier molecular flexibility index (Phi) is 3.35. The smallest absolute Gasteiger partial charge is 0.307 e. The molecule has 0 amide bonds. The first-order valence-corrected chi connectivity index (χ1v) is 5.78. The van der Waals surface area contributed by atoms with E-state index in [0.717, 1.165) is 11.1 Å². The lowest BCUT2D eigenvalue weighted by atomic mass is 9.96. The van der Waals surface area contributed by atoms with Gasteiger partial charge >= 0.3 is 5.97 Å². The summed E-state index contributed by atoms with van der Waals surface area (Å²) in [6.45, 7) is 2.24. The van der Waals surface area contributed by atoms with E-state index in [2.05, 4.69) is 5.32 Å². The van der Waals surface area contributed by atoms with Gasteiger partial charge in [0.25, 0.3) is 0 Å². The zero-order valence-corrected chi connectivity index (χ0v) is 10.1. The standard InChI is InChI=1S/C12H13ClFNO2/c1-6-2-10(14)9(13)4-8(6)11-3-7(5-15-11)12(16)17/h2,4,7,11,15H,3,5H2,1H3,(H,16,17). The fourth-order valence-corrected chi connectivity index (χ4v) is 2.37. The molecule has 2 unspecified atom stereocenters. The van der Waals surface area contributed by atoms with Crippen molar-refractivity contribution in [3.05, 3.63) is 34.1 Å². The van der Waals surface area contributed by atoms with Crippen LogP contribution >= 0.6 is 11.6 Å². The molecule has 1 heterocycles. The molecule has 5 heteroatoms. The van der Waals surface area contributed by atoms with Crippen molar-refractivity contribution >= 4 is 17.6 Å². The van der Waals surface area contributed by atoms with Gasteiger partial charge in [-0.25, -0.2) is 4.39 Å². The van der Waals surface area contributed by atoms with Crippen LogP contribution in [0.2, 0.25) is 5.02 Å². The molecule has 1 saturated heterocycles. The minimum Gasteiger partial charge on any atom is -0.481 e. The average Bonchev–Trinajstić information content (AvgIpc) is 2.72. The van der Waals surface area contributed by atoms with Gasteiger partial charge in [-0.3, -0.25) is 4.79 Å². The number of carboxylic acid groups (broad SMARTS) is 1. The SMILES string of the molecule is Cc1cc(F)c(Cl)cc1C1CC(C(=O)O)CN1. The Bertz CT molecular complexity index is 464. The number of halogens is 2. The third-order valence-electron chi connectivity index (χ3n) is 3.16. The molecule has 1 aliphatic rings. The van der Waals surface area contributed by atoms with Gasteiger partial charge in [-0.2, -0.15) is 0 Å². The zero-order valence-electron chi connectivity index (χ0n) is 9.34. The number of rotatable bonds is 2. The van der Waals surface area contributed by atoms with Gasteiger partial charge in [-0.1, -0.05) is 11.6 Å². The molecule has 1 fully saturated rings. The third kappa shape index (κ3) is 2.42. The third-order valence-corrected chi connectivity index (χ3v) is 3.45. The van der Waals surface area contributed by atoms with Crippen LogP contribution in [0.15, 0.2) is 12.1 Å². The number of aliphatic carboxylic acids is 1. The van der Waals surface area contributed by atoms with Gasteiger partial charge in [0.1, 0.15) is 5.82 Å². The topological polar surface area (TPSA) is 49.3 Å². The molecule has 17 heavy (non-hydrogen) atoms. The van der Waals surface area contributed by atoms with Gasteiger partial charge < -0.3 is 10.4 Å². The van der Waals surface area contributed by atoms with Crippen LogP contribution in [0.5, 0.6) is 0 Å². The molecule has 2 rings (SSSR count). The highest BCUT2D eigenvalue weighted by molar-refractivity contribution is 6.30. The van der Waals surface area contributed by atoms with Gasteiger partial charge in [0.05, 0.1) is 10.9 Å². The fourth-order valence-electron chi connectivity index (χ4n) is 2.20. The largest absolute Gasteiger partial charge is 0.481 e. The summed E-state index contributed by atoms with van der Waals surface area (Å²) in [5.41, 5.74) is 1.66. The second-order valence-corrected chi connectivity index (χ2v) is 4.76. The monoisotopic (exact) mass is 257 g/mol. The number of nitrogens with one attached hydrogen (secondary N) is 1. The van der Waals surface area contributed by atoms with E-state index in [-0.39, 0.29) is 17.0 Å². The molecule has 0 radical (unpaired) electrons. The molecular weight excluding hydrogens is 245 g/mol. The number of hydrogen-bond donors (Lipinski definition) is 2. The van der Waals surface area contributed by atoms with Crippen molar-refractivity contribution in [3.63, 3.8) is 0 Å². The number of aryl methyl sites for hydroxylation is 1. The summed E-state index contributed by atoms with van der Waals surface area (Å²) in [5, 5.41) is 12.1. The lowest BCUT2D eigenvalue weighted by molar-refractivity contribution is -0.141. The second kappa shape index (κ2) is 4.63. The minimum absolute atomic E-state index is 0.0609. The normalized spacial score (nSPS) is 23.9. The summed E-state index contributed by atoms with van der Waals surface area (Å²) in [6, 6.07) is 2.90. The van der Waals surface area contributed by atoms with E-state index >= 15 is 0 Å². The predicted molar refractivity (Wildman–Crippen MR) is 62.6 cm³/mol. The van der Waals surface area contributed by atoms with Crippen LogP contribution in [0, 0.1) is 18.7 Å². The molecule has 0 aromatic heterocycles. The van der Waals surface area contributed by atoms with Crippen LogP contribution in [0.3, 0.4) is 0 Å². The van der Waals surface area contributed by atoms with Crippen LogP contribution in [-0.2, 0) is 4.79 Å². The lowest BCUT2D eigenvalue weighted by Gasteiger charge is -2.14. The van der Waals surface area contributed by atoms with Crippen molar-refractivity contribution in [3.8, 4) is 0 Å². The number of carboxylic acids is 1. The van der Waals surface area contributed by atoms with Gasteiger partial charge in [0, 0.05) is 12.6 Å². The molecule has 2 atom stereocenters. The summed E-state index contributed by atoms with van der Waals surface area (Å²) in [4.78, 5) is 10.9. The Labute approximate surface area is 104 Å². The highest BCUT2D eigenvalue weighted by Gasteiger charge is 2.31. The van der Waals surface area contributed by atoms with Crippen molar-refractivity contribution in [1.82, 2.24) is 5.32 Å². The molecule has 0 spiro atoms. The molecule has 0 bridgehead atoms. The summed E-state index contributed by atoms with van der Waals surface area (Å²) < 4.78 is 13.2. The number of benzene rings is 1. The van der Waals surface area contributed by atoms with Gasteiger partial charge in [-0.05, 0) is 36.6 Å². The molecule has 1 aromatic carbocycles. The van der Waals surface area contributed by atoms with Crippen LogP contribution < -0.4 is 5.32 Å². The molecule has 1 aromatic rings. The first-order chi connectivity index (χ1) is 7.99. The maximum Gasteiger partial charge on any atom is 0.307 e. The summed E-state index contributed by atoms with van der Waals surface area (Å²) in [6.07, 6.45) is 0.512. The van der Waals surface area contributed by atoms with Crippen LogP contribution in [0.1, 0.15) is 23.6 Å². The minimum atomic E-state index is -0.800. The highest BCUT2D eigenvalue weighted by atomic mass is 35.5. The molecule has 92 valence electrons. The van der Waals surface area contributed by atoms with E-state index in [1.165, 1.54) is 6.07 Å². The summed E-state index contributed by atoms with van der Waals surface area (Å²) in [5.74, 6) is -1.63. The van der Waals surface area contributed by atoms with E-state index in [1.807, 2.05) is 0 Å². The van der Waals surface area contributed by atoms with E-state index < -0.39 is 11.8 Å². The van der Waals surface area contributed by atoms with Crippen molar-refractivity contribution in [2.45, 2.75) is 19.4 Å². The van der Waals surface area contributed by atoms with Crippen molar-refractivity contribution in [1.29, 1.82) is 0 Å². The zero-order chi connectivity index (χ0) is 12.6. The molecule has 0 aliphatic carbocycles. The van der Waals surface area contributed by atoms with Gasteiger partial charge in [-0.15, -0.1) is 0 Å². The van der Waals surface area contributed by atoms with Crippen molar-refractivity contribution < 1.29 is 14.3 Å². The highest BCUT2D eigenvalue weighted by Crippen LogP contribution is 2.32. The lowest BCUT2D eigenvalue weighted by Crippen LogP contribution is -2.17. The summed E-state index contributed by atoms with van der Waals surface area (Å²) >= 11 is 5.74. The summed E-state index contributed by atoms with van der Waals surface area (Å²) in [7, 11) is 0. The fraction of sp³-hybridized carbons (Fsp3) is 0.417. The molecule has 0 saturated carbocycles. The second-order valence-electron chi connectivity index (χ2n) is 4.35. The quantitative estimate of drug-likeness (QED) is 0.856. The molecule has 2 N–H and O–H groups in total. The van der Waals surface area contributed by atoms with Crippen LogP contribution in [0.4, 0.5) is 4.39 Å². The Morgan fingerprint density at radius 1 is 1.59 bits per heavy atom. The van der Waals surface area contributed by atoms with Crippen LogP contribution in [-0.4, -0.2) is 17.6 Å². The Hall–Kier alpha value is -1.13. The average molecular weight is 258 g/mol. The molecule has 3 nitrogen and oxygen atoms in total. The predicted octanol–water partition coefficient (Wildman–Crippen LogP) is 2.52. The molecule has 1 aliphatic heterocycles. The van der Waals surface area contributed by atoms with E-state index in [9.17, 15) is 9.18 Å². The van der Waals surface area contributed by atoms with Gasteiger partial charge in [0.15, 0.2) is 0 Å². The van der Waals surface area contributed by atoms with Gasteiger partial charge in [0.2, 0.25) is 0 Å². The van der Waals surface area contributed by atoms with Crippen LogP contribution in [0.25, 0.3) is 0 Å². The first kappa shape index (κ1) is 12.3. The van der Waals surface area contributed by atoms with Crippen molar-refractivity contribution in [2.24, 2.45) is 5.92 Å². The van der Waals surface area contributed by atoms with Crippen molar-refractivity contribution in [2.75, 3.05) is 6.54 Å². The first-order valence-electron chi connectivity index (χ1n) is 5.40. The van der Waals surface area contributed by atoms with E-state index in [0.29, 0.717) is 13.0 Å². The maximum absolute atomic E-state index is 13.2. The number of hydrogen-bond acceptors (Lipinski definition) is 2. The van der Waals surface area contributed by atoms with E-state index in [4.69, 9.17) is 16.7 Å². The Morgan fingerprint density at radius 2 is 2.29 bits per heavy atom. The maximum atomic E-state index is 13.2. The Morgan fingerprint density at radius 3 is 2.88 bits per heavy atom.